The van der Waals surface area contributed by atoms with Crippen LogP contribution in [0.15, 0.2) is 42.5 Å². The Kier molecular flexibility index (Phi) is 8.37. The molecule has 0 spiro atoms. The van der Waals surface area contributed by atoms with Gasteiger partial charge in [-0.05, 0) is 42.7 Å². The summed E-state index contributed by atoms with van der Waals surface area (Å²) < 4.78 is 17.8. The lowest BCUT2D eigenvalue weighted by Crippen LogP contribution is -2.48. The van der Waals surface area contributed by atoms with Crippen LogP contribution in [0.3, 0.4) is 0 Å². The Balaban J connectivity index is 1.71. The number of aromatic nitrogens is 3. The highest BCUT2D eigenvalue weighted by Crippen LogP contribution is 2.31. The summed E-state index contributed by atoms with van der Waals surface area (Å²) in [5.41, 5.74) is 2.03. The van der Waals surface area contributed by atoms with Crippen LogP contribution in [0.2, 0.25) is 0 Å². The van der Waals surface area contributed by atoms with Crippen LogP contribution >= 0.6 is 0 Å². The normalized spacial score (nSPS) is 14.5. The molecule has 1 atom stereocenters. The largest absolute Gasteiger partial charge is 0.497 e. The number of nitrogens with zero attached hydrogens (tertiary/aromatic N) is 4. The first-order valence-electron chi connectivity index (χ1n) is 12.1. The number of methoxy groups -OCH3 is 3. The number of benzene rings is 2. The van der Waals surface area contributed by atoms with E-state index in [9.17, 15) is 9.59 Å². The van der Waals surface area contributed by atoms with Gasteiger partial charge in [0.25, 0.3) is 0 Å². The number of nitrogens with one attached hydrogen (secondary N) is 1. The van der Waals surface area contributed by atoms with E-state index in [1.165, 1.54) is 0 Å². The number of amides is 2. The van der Waals surface area contributed by atoms with Crippen LogP contribution in [0, 0.1) is 0 Å². The molecule has 1 N–H and O–H groups in total. The lowest BCUT2D eigenvalue weighted by molar-refractivity contribution is -0.142. The maximum atomic E-state index is 13.8. The van der Waals surface area contributed by atoms with Crippen LogP contribution in [0.4, 0.5) is 0 Å². The molecule has 1 saturated carbocycles. The Morgan fingerprint density at radius 2 is 1.78 bits per heavy atom. The molecule has 2 amide bonds. The summed E-state index contributed by atoms with van der Waals surface area (Å²) in [5, 5.41) is 11.5. The average Bonchev–Trinajstić information content (AvgIpc) is 3.56. The summed E-state index contributed by atoms with van der Waals surface area (Å²) in [7, 11) is 4.67. The van der Waals surface area contributed by atoms with Crippen molar-refractivity contribution in [3.05, 3.63) is 48.0 Å². The Labute approximate surface area is 210 Å². The van der Waals surface area contributed by atoms with Gasteiger partial charge in [0, 0.05) is 25.8 Å². The summed E-state index contributed by atoms with van der Waals surface area (Å²) in [5.74, 6) is 0.537. The van der Waals surface area contributed by atoms with Gasteiger partial charge in [0.1, 0.15) is 29.6 Å². The van der Waals surface area contributed by atoms with E-state index in [4.69, 9.17) is 14.2 Å². The van der Waals surface area contributed by atoms with Crippen molar-refractivity contribution in [2.24, 2.45) is 0 Å². The number of hydrogen-bond acceptors (Lipinski definition) is 7. The number of hydrogen-bond donors (Lipinski definition) is 1. The third-order valence-electron chi connectivity index (χ3n) is 6.51. The summed E-state index contributed by atoms with van der Waals surface area (Å²) in [4.78, 5) is 29.1. The fourth-order valence-electron chi connectivity index (χ4n) is 4.65. The highest BCUT2D eigenvalue weighted by Gasteiger charge is 2.34. The highest BCUT2D eigenvalue weighted by atomic mass is 16.5. The van der Waals surface area contributed by atoms with Crippen molar-refractivity contribution >= 4 is 22.8 Å². The van der Waals surface area contributed by atoms with E-state index >= 15 is 0 Å². The molecule has 1 heterocycles. The molecule has 10 heteroatoms. The maximum Gasteiger partial charge on any atom is 0.247 e. The molecule has 3 aromatic rings. The first-order chi connectivity index (χ1) is 17.5. The Hall–Kier alpha value is -3.66. The fraction of sp³-hybridized carbons (Fsp3) is 0.462. The van der Waals surface area contributed by atoms with Crippen LogP contribution in [0.1, 0.15) is 37.3 Å². The molecule has 0 aliphatic heterocycles. The van der Waals surface area contributed by atoms with Crippen molar-refractivity contribution in [2.75, 3.05) is 34.5 Å². The van der Waals surface area contributed by atoms with Gasteiger partial charge in [-0.1, -0.05) is 30.2 Å². The first-order valence-corrected chi connectivity index (χ1v) is 12.1. The number of rotatable bonds is 11. The van der Waals surface area contributed by atoms with Crippen LogP contribution in [0.25, 0.3) is 11.0 Å². The van der Waals surface area contributed by atoms with Crippen LogP contribution < -0.4 is 14.8 Å². The molecule has 1 aromatic heterocycles. The maximum absolute atomic E-state index is 13.8. The molecule has 36 heavy (non-hydrogen) atoms. The van der Waals surface area contributed by atoms with Gasteiger partial charge in [0.2, 0.25) is 11.8 Å². The molecule has 1 aliphatic carbocycles. The minimum atomic E-state index is -0.910. The lowest BCUT2D eigenvalue weighted by Gasteiger charge is -2.32. The fourth-order valence-corrected chi connectivity index (χ4v) is 4.65. The van der Waals surface area contributed by atoms with E-state index in [2.05, 4.69) is 15.6 Å². The quantitative estimate of drug-likeness (QED) is 0.436. The van der Waals surface area contributed by atoms with Gasteiger partial charge >= 0.3 is 0 Å². The van der Waals surface area contributed by atoms with E-state index in [0.29, 0.717) is 22.6 Å². The van der Waals surface area contributed by atoms with Crippen LogP contribution in [-0.2, 0) is 20.9 Å². The van der Waals surface area contributed by atoms with Crippen molar-refractivity contribution in [1.82, 2.24) is 25.2 Å². The van der Waals surface area contributed by atoms with E-state index in [0.717, 1.165) is 31.2 Å². The number of para-hydroxylation sites is 1. The second kappa shape index (κ2) is 11.9. The third kappa shape index (κ3) is 5.76. The summed E-state index contributed by atoms with van der Waals surface area (Å²) in [6, 6.07) is 11.9. The van der Waals surface area contributed by atoms with E-state index in [1.807, 2.05) is 24.3 Å². The lowest BCUT2D eigenvalue weighted by atomic mass is 10.0. The third-order valence-corrected chi connectivity index (χ3v) is 6.51. The van der Waals surface area contributed by atoms with Gasteiger partial charge in [-0.2, -0.15) is 0 Å². The predicted octanol–water partition coefficient (Wildman–Crippen LogP) is 2.72. The standard InChI is InChI=1S/C26H33N5O5/c1-34-13-12-30(24(32)17-31-23-11-7-6-10-22(23)28-29-31)25(26(33)27-19-8-4-5-9-19)18-14-20(35-2)16-21(15-18)36-3/h6-7,10-11,14-16,19,25H,4-5,8-9,12-13,17H2,1-3H3,(H,27,33)/t25-/m1/s1. The van der Waals surface area contributed by atoms with Crippen molar-refractivity contribution in [3.8, 4) is 11.5 Å². The van der Waals surface area contributed by atoms with Crippen molar-refractivity contribution in [2.45, 2.75) is 44.3 Å². The molecule has 1 aliphatic rings. The van der Waals surface area contributed by atoms with Gasteiger partial charge in [0.05, 0.1) is 26.3 Å². The number of fused-ring (bicyclic) bond motifs is 1. The van der Waals surface area contributed by atoms with E-state index < -0.39 is 6.04 Å². The Bertz CT molecular complexity index is 1170. The molecule has 1 fully saturated rings. The second-order valence-electron chi connectivity index (χ2n) is 8.85. The zero-order valence-corrected chi connectivity index (χ0v) is 21.0. The zero-order chi connectivity index (χ0) is 25.5. The van der Waals surface area contributed by atoms with Gasteiger partial charge in [-0.25, -0.2) is 4.68 Å². The van der Waals surface area contributed by atoms with Crippen molar-refractivity contribution in [1.29, 1.82) is 0 Å². The van der Waals surface area contributed by atoms with E-state index in [1.54, 1.807) is 49.1 Å². The molecular weight excluding hydrogens is 462 g/mol. The summed E-state index contributed by atoms with van der Waals surface area (Å²) >= 11 is 0. The van der Waals surface area contributed by atoms with Crippen LogP contribution in [0.5, 0.6) is 11.5 Å². The number of carbonyl (C=O) groups is 2. The predicted molar refractivity (Wildman–Crippen MR) is 134 cm³/mol. The monoisotopic (exact) mass is 495 g/mol. The Morgan fingerprint density at radius 3 is 2.44 bits per heavy atom. The molecule has 192 valence electrons. The number of ether oxygens (including phenoxy) is 3. The van der Waals surface area contributed by atoms with Crippen molar-refractivity contribution in [3.63, 3.8) is 0 Å². The molecule has 0 saturated heterocycles. The topological polar surface area (TPSA) is 108 Å². The molecule has 10 nitrogen and oxygen atoms in total. The van der Waals surface area contributed by atoms with Gasteiger partial charge < -0.3 is 24.4 Å². The number of carbonyl (C=O) groups excluding carboxylic acids is 2. The van der Waals surface area contributed by atoms with Gasteiger partial charge in [-0.15, -0.1) is 5.10 Å². The van der Waals surface area contributed by atoms with Crippen molar-refractivity contribution < 1.29 is 23.8 Å². The molecule has 0 radical (unpaired) electrons. The minimum absolute atomic E-state index is 0.0709. The van der Waals surface area contributed by atoms with E-state index in [-0.39, 0.29) is 37.6 Å². The SMILES string of the molecule is COCCN(C(=O)Cn1nnc2ccccc21)[C@@H](C(=O)NC1CCCC1)c1cc(OC)cc(OC)c1. The minimum Gasteiger partial charge on any atom is -0.497 e. The highest BCUT2D eigenvalue weighted by molar-refractivity contribution is 5.89. The molecular formula is C26H33N5O5. The Morgan fingerprint density at radius 1 is 1.08 bits per heavy atom. The van der Waals surface area contributed by atoms with Gasteiger partial charge in [-0.3, -0.25) is 9.59 Å². The van der Waals surface area contributed by atoms with Crippen LogP contribution in [-0.4, -0.2) is 72.2 Å². The smallest absolute Gasteiger partial charge is 0.247 e. The molecule has 0 unspecified atom stereocenters. The average molecular weight is 496 g/mol. The molecule has 0 bridgehead atoms. The summed E-state index contributed by atoms with van der Waals surface area (Å²) in [6.45, 7) is 0.404. The molecule has 2 aromatic carbocycles. The summed E-state index contributed by atoms with van der Waals surface area (Å²) in [6.07, 6.45) is 4.01. The zero-order valence-electron chi connectivity index (χ0n) is 21.0. The van der Waals surface area contributed by atoms with Gasteiger partial charge in [0.15, 0.2) is 0 Å². The second-order valence-corrected chi connectivity index (χ2v) is 8.85. The first kappa shape index (κ1) is 25.4. The molecule has 4 rings (SSSR count).